The lowest BCUT2D eigenvalue weighted by molar-refractivity contribution is 0.624. The molecule has 1 atom stereocenters. The average molecular weight is 797 g/mol. The van der Waals surface area contributed by atoms with Crippen molar-refractivity contribution in [3.8, 4) is 44.5 Å². The first-order chi connectivity index (χ1) is 30.1. The van der Waals surface area contributed by atoms with Gasteiger partial charge in [-0.25, -0.2) is 0 Å². The molecule has 62 heavy (non-hydrogen) atoms. The monoisotopic (exact) mass is 796 g/mol. The molecule has 1 unspecified atom stereocenters. The second-order valence-electron chi connectivity index (χ2n) is 17.8. The van der Waals surface area contributed by atoms with Gasteiger partial charge in [0.2, 0.25) is 0 Å². The van der Waals surface area contributed by atoms with Gasteiger partial charge in [-0.05, 0) is 140 Å². The van der Waals surface area contributed by atoms with Crippen LogP contribution < -0.4 is 16.2 Å². The quantitative estimate of drug-likeness (QED) is 0.151. The Labute approximate surface area is 368 Å². The van der Waals surface area contributed by atoms with E-state index in [1.807, 2.05) is 0 Å². The minimum atomic E-state index is -0.235. The fraction of sp³-hybridized carbons (Fsp3) is 0.133. The van der Waals surface area contributed by atoms with E-state index in [1.165, 1.54) is 105 Å². The standard InChI is InChI=1S/C60H51BN/c1-38-18-15-19-39(2)57(38)48-35-50-41(4)58-53(60(5,6)54-37-46-25-14-13-24-44(46)32-40(54)3)28-17-29-55(58)61-59(50)52(36-48)51-34-47(43-22-11-8-12-23-43)30-31-56(51)62-49-27-16-26-45(33-49)42-20-9-7-10-21-42/h7-37,41,62H,1-6H3. The third-order valence-corrected chi connectivity index (χ3v) is 13.4. The number of hydrogen-bond donors (Lipinski definition) is 1. The van der Waals surface area contributed by atoms with E-state index in [2.05, 4.69) is 242 Å². The molecule has 1 aliphatic rings. The van der Waals surface area contributed by atoms with Gasteiger partial charge in [-0.1, -0.05) is 189 Å². The summed E-state index contributed by atoms with van der Waals surface area (Å²) >= 11 is 0. The molecule has 1 N–H and O–H groups in total. The van der Waals surface area contributed by atoms with Crippen molar-refractivity contribution in [3.05, 3.63) is 227 Å². The van der Waals surface area contributed by atoms with Crippen molar-refractivity contribution in [2.45, 2.75) is 52.9 Å². The number of hydrogen-bond acceptors (Lipinski definition) is 1. The summed E-state index contributed by atoms with van der Waals surface area (Å²) < 4.78 is 0. The Morgan fingerprint density at radius 2 is 1.06 bits per heavy atom. The van der Waals surface area contributed by atoms with E-state index in [1.54, 1.807) is 0 Å². The number of nitrogens with one attached hydrogen (secondary N) is 1. The third kappa shape index (κ3) is 7.04. The molecule has 299 valence electrons. The normalized spacial score (nSPS) is 13.3. The van der Waals surface area contributed by atoms with Gasteiger partial charge in [0.1, 0.15) is 0 Å². The van der Waals surface area contributed by atoms with Crippen LogP contribution in [-0.4, -0.2) is 7.28 Å². The fourth-order valence-corrected chi connectivity index (χ4v) is 10.3. The lowest BCUT2D eigenvalue weighted by Crippen LogP contribution is -2.42. The molecule has 2 heteroatoms. The van der Waals surface area contributed by atoms with Gasteiger partial charge < -0.3 is 5.32 Å². The van der Waals surface area contributed by atoms with Gasteiger partial charge >= 0.3 is 0 Å². The molecule has 9 aromatic carbocycles. The Bertz CT molecular complexity index is 3120. The van der Waals surface area contributed by atoms with E-state index in [4.69, 9.17) is 0 Å². The van der Waals surface area contributed by atoms with Gasteiger partial charge in [0.25, 0.3) is 0 Å². The van der Waals surface area contributed by atoms with Gasteiger partial charge in [0, 0.05) is 28.3 Å². The van der Waals surface area contributed by atoms with Gasteiger partial charge in [-0.3, -0.25) is 0 Å². The van der Waals surface area contributed by atoms with Crippen molar-refractivity contribution in [1.29, 1.82) is 0 Å². The molecule has 0 saturated heterocycles. The minimum Gasteiger partial charge on any atom is -0.355 e. The molecule has 0 spiro atoms. The highest BCUT2D eigenvalue weighted by Crippen LogP contribution is 2.44. The van der Waals surface area contributed by atoms with Crippen LogP contribution in [0.15, 0.2) is 188 Å². The maximum atomic E-state index is 3.93. The number of benzene rings is 9. The number of fused-ring (bicyclic) bond motifs is 3. The molecule has 1 heterocycles. The summed E-state index contributed by atoms with van der Waals surface area (Å²) in [5.41, 5.74) is 23.6. The molecule has 0 aromatic heterocycles. The van der Waals surface area contributed by atoms with Gasteiger partial charge in [0.15, 0.2) is 7.28 Å². The summed E-state index contributed by atoms with van der Waals surface area (Å²) in [6.07, 6.45) is 0. The SMILES string of the molecule is Cc1cc2ccccc2cc1C(C)(C)c1cccc2c1C(C)c1cc(-c3c(C)cccc3C)cc(-c3cc(-c4ccccc4)ccc3Nc3cccc(-c4ccccc4)c3)c1[B]2. The molecule has 0 fully saturated rings. The van der Waals surface area contributed by atoms with Gasteiger partial charge in [-0.15, -0.1) is 0 Å². The van der Waals surface area contributed by atoms with Crippen LogP contribution >= 0.6 is 0 Å². The topological polar surface area (TPSA) is 12.0 Å². The Hall–Kier alpha value is -6.90. The van der Waals surface area contributed by atoms with E-state index in [0.29, 0.717) is 0 Å². The molecule has 0 amide bonds. The fourth-order valence-electron chi connectivity index (χ4n) is 10.3. The Kier molecular flexibility index (Phi) is 10.0. The Morgan fingerprint density at radius 3 is 1.77 bits per heavy atom. The van der Waals surface area contributed by atoms with Crippen molar-refractivity contribution in [2.75, 3.05) is 5.32 Å². The maximum absolute atomic E-state index is 3.93. The zero-order valence-electron chi connectivity index (χ0n) is 36.6. The summed E-state index contributed by atoms with van der Waals surface area (Å²) in [5.74, 6) is 0.139. The van der Waals surface area contributed by atoms with Crippen molar-refractivity contribution >= 4 is 40.4 Å². The molecule has 1 aliphatic heterocycles. The second-order valence-corrected chi connectivity index (χ2v) is 17.8. The summed E-state index contributed by atoms with van der Waals surface area (Å²) in [4.78, 5) is 0. The van der Waals surface area contributed by atoms with Crippen LogP contribution in [0, 0.1) is 20.8 Å². The zero-order chi connectivity index (χ0) is 42.5. The highest BCUT2D eigenvalue weighted by Gasteiger charge is 2.35. The molecule has 1 radical (unpaired) electrons. The van der Waals surface area contributed by atoms with E-state index in [9.17, 15) is 0 Å². The Morgan fingerprint density at radius 1 is 0.468 bits per heavy atom. The number of aryl methyl sites for hydroxylation is 3. The first-order valence-corrected chi connectivity index (χ1v) is 22.0. The summed E-state index contributed by atoms with van der Waals surface area (Å²) in [5, 5.41) is 6.50. The van der Waals surface area contributed by atoms with Crippen molar-refractivity contribution < 1.29 is 0 Å². The van der Waals surface area contributed by atoms with Crippen molar-refractivity contribution in [3.63, 3.8) is 0 Å². The second kappa shape index (κ2) is 15.9. The highest BCUT2D eigenvalue weighted by atomic mass is 14.9. The molecule has 0 saturated carbocycles. The van der Waals surface area contributed by atoms with Crippen LogP contribution in [0.1, 0.15) is 65.6 Å². The van der Waals surface area contributed by atoms with E-state index < -0.39 is 0 Å². The smallest absolute Gasteiger partial charge is 0.193 e. The molecule has 1 nitrogen and oxygen atoms in total. The van der Waals surface area contributed by atoms with Crippen molar-refractivity contribution in [2.24, 2.45) is 0 Å². The van der Waals surface area contributed by atoms with Gasteiger partial charge in [0.05, 0.1) is 0 Å². The van der Waals surface area contributed by atoms with E-state index in [0.717, 1.165) is 11.4 Å². The molecule has 9 aromatic rings. The lowest BCUT2D eigenvalue weighted by Gasteiger charge is -2.37. The largest absolute Gasteiger partial charge is 0.355 e. The summed E-state index contributed by atoms with van der Waals surface area (Å²) in [6.45, 7) is 14.0. The van der Waals surface area contributed by atoms with Crippen LogP contribution in [0.4, 0.5) is 11.4 Å². The van der Waals surface area contributed by atoms with Crippen LogP contribution in [0.5, 0.6) is 0 Å². The molecule has 0 aliphatic carbocycles. The zero-order valence-corrected chi connectivity index (χ0v) is 36.6. The first-order valence-electron chi connectivity index (χ1n) is 22.0. The van der Waals surface area contributed by atoms with Gasteiger partial charge in [-0.2, -0.15) is 0 Å². The number of anilines is 2. The van der Waals surface area contributed by atoms with E-state index >= 15 is 0 Å². The average Bonchev–Trinajstić information content (AvgIpc) is 3.29. The lowest BCUT2D eigenvalue weighted by atomic mass is 9.51. The predicted molar refractivity (Wildman–Crippen MR) is 267 cm³/mol. The molecule has 10 rings (SSSR count). The third-order valence-electron chi connectivity index (χ3n) is 13.4. The highest BCUT2D eigenvalue weighted by molar-refractivity contribution is 6.70. The van der Waals surface area contributed by atoms with Crippen LogP contribution in [0.25, 0.3) is 55.3 Å². The summed E-state index contributed by atoms with van der Waals surface area (Å²) in [7, 11) is 2.48. The molecular weight excluding hydrogens is 745 g/mol. The number of rotatable bonds is 8. The Balaban J connectivity index is 1.18. The van der Waals surface area contributed by atoms with E-state index in [-0.39, 0.29) is 11.3 Å². The van der Waals surface area contributed by atoms with Crippen molar-refractivity contribution in [1.82, 2.24) is 0 Å². The summed E-state index contributed by atoms with van der Waals surface area (Å²) in [6, 6.07) is 69.3. The maximum Gasteiger partial charge on any atom is 0.193 e. The van der Waals surface area contributed by atoms with Crippen LogP contribution in [0.3, 0.4) is 0 Å². The molecule has 0 bridgehead atoms. The minimum absolute atomic E-state index is 0.139. The predicted octanol–water partition coefficient (Wildman–Crippen LogP) is 14.6. The van der Waals surface area contributed by atoms with Crippen LogP contribution in [-0.2, 0) is 5.41 Å². The van der Waals surface area contributed by atoms with Crippen LogP contribution in [0.2, 0.25) is 0 Å². The first kappa shape index (κ1) is 39.3. The molecular formula is C60H51BN.